The van der Waals surface area contributed by atoms with E-state index in [-0.39, 0.29) is 13.0 Å². The highest BCUT2D eigenvalue weighted by molar-refractivity contribution is 5.95. The van der Waals surface area contributed by atoms with Gasteiger partial charge in [0.05, 0.1) is 12.5 Å². The number of nitrogens with two attached hydrogens (primary N) is 1. The average molecular weight is 488 g/mol. The lowest BCUT2D eigenvalue weighted by molar-refractivity contribution is -0.144. The molecule has 12 heteroatoms. The molecule has 1 aromatic carbocycles. The van der Waals surface area contributed by atoms with Crippen molar-refractivity contribution in [1.29, 1.82) is 0 Å². The van der Waals surface area contributed by atoms with Crippen molar-refractivity contribution in [3.05, 3.63) is 36.0 Å². The van der Waals surface area contributed by atoms with Crippen LogP contribution < -0.4 is 16.4 Å². The average Bonchev–Trinajstić information content (AvgIpc) is 3.45. The van der Waals surface area contributed by atoms with Crippen molar-refractivity contribution in [1.82, 2.24) is 20.5 Å². The highest BCUT2D eigenvalue weighted by Gasteiger charge is 2.38. The molecule has 1 aromatic heterocycles. The van der Waals surface area contributed by atoms with Crippen LogP contribution >= 0.6 is 0 Å². The number of H-pyrrole nitrogens is 1. The van der Waals surface area contributed by atoms with Gasteiger partial charge < -0.3 is 36.5 Å². The molecule has 0 radical (unpaired) electrons. The zero-order valence-corrected chi connectivity index (χ0v) is 19.2. The Hall–Kier alpha value is -3.93. The Morgan fingerprint density at radius 3 is 2.57 bits per heavy atom. The number of rotatable bonds is 10. The van der Waals surface area contributed by atoms with Gasteiger partial charge in [-0.1, -0.05) is 18.2 Å². The van der Waals surface area contributed by atoms with E-state index in [1.54, 1.807) is 6.20 Å². The number of aliphatic carboxylic acids is 2. The van der Waals surface area contributed by atoms with Gasteiger partial charge in [-0.15, -0.1) is 0 Å². The molecule has 4 unspecified atom stereocenters. The lowest BCUT2D eigenvalue weighted by Crippen LogP contribution is -2.56. The van der Waals surface area contributed by atoms with E-state index in [4.69, 9.17) is 10.8 Å². The van der Waals surface area contributed by atoms with Crippen LogP contribution in [0.15, 0.2) is 30.5 Å². The molecule has 0 spiro atoms. The van der Waals surface area contributed by atoms with E-state index in [1.807, 2.05) is 24.3 Å². The molecule has 188 valence electrons. The van der Waals surface area contributed by atoms with Crippen LogP contribution in [-0.2, 0) is 30.4 Å². The largest absolute Gasteiger partial charge is 0.481 e. The Balaban J connectivity index is 1.64. The lowest BCUT2D eigenvalue weighted by Gasteiger charge is -2.28. The van der Waals surface area contributed by atoms with E-state index in [2.05, 4.69) is 15.6 Å². The summed E-state index contributed by atoms with van der Waals surface area (Å²) in [5.74, 6) is -4.37. The van der Waals surface area contributed by atoms with Gasteiger partial charge in [-0.25, -0.2) is 4.79 Å². The number of aromatic amines is 1. The van der Waals surface area contributed by atoms with Gasteiger partial charge in [0.1, 0.15) is 18.1 Å². The van der Waals surface area contributed by atoms with Gasteiger partial charge >= 0.3 is 11.9 Å². The first-order valence-electron chi connectivity index (χ1n) is 11.2. The smallest absolute Gasteiger partial charge is 0.326 e. The van der Waals surface area contributed by atoms with E-state index in [0.29, 0.717) is 12.8 Å². The number of carboxylic acid groups (broad SMARTS) is 2. The van der Waals surface area contributed by atoms with Gasteiger partial charge in [0, 0.05) is 30.1 Å². The summed E-state index contributed by atoms with van der Waals surface area (Å²) >= 11 is 0. The molecule has 2 heterocycles. The first-order chi connectivity index (χ1) is 16.6. The number of carboxylic acids is 2. The highest BCUT2D eigenvalue weighted by atomic mass is 16.4. The van der Waals surface area contributed by atoms with Gasteiger partial charge in [0.2, 0.25) is 17.7 Å². The van der Waals surface area contributed by atoms with Crippen molar-refractivity contribution < 1.29 is 34.2 Å². The van der Waals surface area contributed by atoms with Crippen molar-refractivity contribution in [3.63, 3.8) is 0 Å². The molecule has 0 aliphatic carbocycles. The van der Waals surface area contributed by atoms with E-state index < -0.39 is 60.2 Å². The molecule has 1 aliphatic rings. The standard InChI is InChI=1S/C23H29N5O7/c1-12(26-20(31)15(24)10-19(29)30)22(33)28-8-4-7-18(28)21(32)27-17(23(34)35)9-13-11-25-16-6-3-2-5-14(13)16/h2-3,5-6,11-12,15,17-18,25H,4,7-10,24H2,1H3,(H,26,31)(H,27,32)(H,29,30)(H,34,35). The highest BCUT2D eigenvalue weighted by Crippen LogP contribution is 2.21. The number of para-hydroxylation sites is 1. The van der Waals surface area contributed by atoms with E-state index in [1.165, 1.54) is 11.8 Å². The molecule has 3 amide bonds. The van der Waals surface area contributed by atoms with Crippen LogP contribution in [0.1, 0.15) is 31.7 Å². The van der Waals surface area contributed by atoms with Crippen LogP contribution in [0.2, 0.25) is 0 Å². The summed E-state index contributed by atoms with van der Waals surface area (Å²) in [5.41, 5.74) is 7.12. The summed E-state index contributed by atoms with van der Waals surface area (Å²) in [4.78, 5) is 65.0. The summed E-state index contributed by atoms with van der Waals surface area (Å²) in [6.07, 6.45) is 2.05. The number of carbonyl (C=O) groups excluding carboxylic acids is 3. The number of hydrogen-bond acceptors (Lipinski definition) is 6. The monoisotopic (exact) mass is 487 g/mol. The Morgan fingerprint density at radius 2 is 1.89 bits per heavy atom. The van der Waals surface area contributed by atoms with E-state index in [0.717, 1.165) is 16.5 Å². The first-order valence-corrected chi connectivity index (χ1v) is 11.2. The van der Waals surface area contributed by atoms with Gasteiger partial charge in [-0.05, 0) is 31.4 Å². The van der Waals surface area contributed by atoms with Crippen molar-refractivity contribution >= 4 is 40.6 Å². The number of amides is 3. The topological polar surface area (TPSA) is 195 Å². The normalized spacial score (nSPS) is 18.0. The fourth-order valence-electron chi connectivity index (χ4n) is 4.20. The van der Waals surface area contributed by atoms with E-state index >= 15 is 0 Å². The number of fused-ring (bicyclic) bond motifs is 1. The molecule has 0 bridgehead atoms. The molecule has 35 heavy (non-hydrogen) atoms. The SMILES string of the molecule is CC(NC(=O)C(N)CC(=O)O)C(=O)N1CCCC1C(=O)NC(Cc1c[nH]c2ccccc12)C(=O)O. The molecule has 1 fully saturated rings. The number of likely N-dealkylation sites (tertiary alicyclic amines) is 1. The zero-order valence-electron chi connectivity index (χ0n) is 19.2. The van der Waals surface area contributed by atoms with Gasteiger partial charge in [-0.3, -0.25) is 19.2 Å². The van der Waals surface area contributed by atoms with Crippen molar-refractivity contribution in [2.24, 2.45) is 5.73 Å². The third kappa shape index (κ3) is 6.15. The maximum absolute atomic E-state index is 13.0. The minimum atomic E-state index is -1.32. The van der Waals surface area contributed by atoms with Gasteiger partial charge in [0.25, 0.3) is 0 Å². The molecule has 7 N–H and O–H groups in total. The van der Waals surface area contributed by atoms with Crippen LogP contribution in [0.4, 0.5) is 0 Å². The Kier molecular flexibility index (Phi) is 8.07. The minimum absolute atomic E-state index is 0.0552. The Labute approximate surface area is 200 Å². The molecular formula is C23H29N5O7. The second-order valence-electron chi connectivity index (χ2n) is 8.59. The number of benzene rings is 1. The van der Waals surface area contributed by atoms with Crippen molar-refractivity contribution in [2.45, 2.75) is 56.8 Å². The predicted molar refractivity (Wildman–Crippen MR) is 124 cm³/mol. The Morgan fingerprint density at radius 1 is 1.17 bits per heavy atom. The fraction of sp³-hybridized carbons (Fsp3) is 0.435. The lowest BCUT2D eigenvalue weighted by atomic mass is 10.0. The fourth-order valence-corrected chi connectivity index (χ4v) is 4.20. The maximum Gasteiger partial charge on any atom is 0.326 e. The summed E-state index contributed by atoms with van der Waals surface area (Å²) in [5, 5.41) is 24.3. The number of nitrogens with one attached hydrogen (secondary N) is 3. The Bertz CT molecular complexity index is 1130. The van der Waals surface area contributed by atoms with Gasteiger partial charge in [0.15, 0.2) is 0 Å². The van der Waals surface area contributed by atoms with Crippen LogP contribution in [-0.4, -0.2) is 80.5 Å². The number of hydrogen-bond donors (Lipinski definition) is 6. The maximum atomic E-state index is 13.0. The third-order valence-corrected chi connectivity index (χ3v) is 6.01. The quantitative estimate of drug-likeness (QED) is 0.260. The summed E-state index contributed by atoms with van der Waals surface area (Å²) in [6.45, 7) is 1.68. The van der Waals surface area contributed by atoms with Crippen LogP contribution in [0.3, 0.4) is 0 Å². The molecule has 12 nitrogen and oxygen atoms in total. The van der Waals surface area contributed by atoms with Crippen LogP contribution in [0.25, 0.3) is 10.9 Å². The van der Waals surface area contributed by atoms with E-state index in [9.17, 15) is 29.1 Å². The predicted octanol–water partition coefficient (Wildman–Crippen LogP) is -0.422. The number of aromatic nitrogens is 1. The van der Waals surface area contributed by atoms with Gasteiger partial charge in [-0.2, -0.15) is 0 Å². The molecule has 2 aromatic rings. The summed E-state index contributed by atoms with van der Waals surface area (Å²) in [6, 6.07) is 2.96. The van der Waals surface area contributed by atoms with Crippen LogP contribution in [0, 0.1) is 0 Å². The summed E-state index contributed by atoms with van der Waals surface area (Å²) in [7, 11) is 0. The molecule has 1 saturated heterocycles. The van der Waals surface area contributed by atoms with Crippen molar-refractivity contribution in [2.75, 3.05) is 6.54 Å². The summed E-state index contributed by atoms with van der Waals surface area (Å²) < 4.78 is 0. The molecule has 3 rings (SSSR count). The number of carbonyl (C=O) groups is 5. The first kappa shape index (κ1) is 25.7. The second kappa shape index (κ2) is 11.0. The minimum Gasteiger partial charge on any atom is -0.481 e. The molecule has 4 atom stereocenters. The third-order valence-electron chi connectivity index (χ3n) is 6.01. The zero-order chi connectivity index (χ0) is 25.7. The van der Waals surface area contributed by atoms with Crippen molar-refractivity contribution in [3.8, 4) is 0 Å². The van der Waals surface area contributed by atoms with Crippen LogP contribution in [0.5, 0.6) is 0 Å². The second-order valence-corrected chi connectivity index (χ2v) is 8.59. The molecule has 0 saturated carbocycles. The molecule has 1 aliphatic heterocycles. The number of nitrogens with zero attached hydrogens (tertiary/aromatic N) is 1. The molecular weight excluding hydrogens is 458 g/mol.